The fraction of sp³-hybridized carbons (Fsp3) is 0.174. The summed E-state index contributed by atoms with van der Waals surface area (Å²) in [5.41, 5.74) is 2.73. The summed E-state index contributed by atoms with van der Waals surface area (Å²) in [6, 6.07) is 21.9. The van der Waals surface area contributed by atoms with Crippen molar-refractivity contribution in [2.24, 2.45) is 5.10 Å². The number of hydrazone groups is 1. The largest absolute Gasteiger partial charge is 0.616 e. The second-order valence-corrected chi connectivity index (χ2v) is 6.80. The van der Waals surface area contributed by atoms with E-state index < -0.39 is 0 Å². The van der Waals surface area contributed by atoms with Crippen LogP contribution in [-0.2, 0) is 4.79 Å². The molecule has 0 N–H and O–H groups in total. The average Bonchev–Trinajstić information content (AvgIpc) is 3.25. The number of hydrogen-bond donors (Lipinski definition) is 0. The zero-order valence-corrected chi connectivity index (χ0v) is 16.5. The second-order valence-electron chi connectivity index (χ2n) is 6.80. The molecule has 4 rings (SSSR count). The van der Waals surface area contributed by atoms with Gasteiger partial charge in [-0.2, -0.15) is 5.10 Å². The van der Waals surface area contributed by atoms with E-state index in [2.05, 4.69) is 5.10 Å². The predicted molar refractivity (Wildman–Crippen MR) is 111 cm³/mol. The molecule has 0 bridgehead atoms. The van der Waals surface area contributed by atoms with Crippen molar-refractivity contribution in [3.8, 4) is 11.6 Å². The molecule has 0 saturated carbocycles. The van der Waals surface area contributed by atoms with Crippen molar-refractivity contribution in [3.63, 3.8) is 0 Å². The van der Waals surface area contributed by atoms with E-state index in [1.807, 2.05) is 54.6 Å². The third-order valence-corrected chi connectivity index (χ3v) is 4.91. The predicted octanol–water partition coefficient (Wildman–Crippen LogP) is 3.09. The van der Waals surface area contributed by atoms with E-state index in [1.165, 1.54) is 17.3 Å². The number of aromatic nitrogens is 1. The summed E-state index contributed by atoms with van der Waals surface area (Å²) in [6.45, 7) is -0.287. The molecule has 7 nitrogen and oxygen atoms in total. The Kier molecular flexibility index (Phi) is 5.61. The third kappa shape index (κ3) is 4.10. The molecular formula is C23H21N3O4. The summed E-state index contributed by atoms with van der Waals surface area (Å²) < 4.78 is 11.3. The standard InChI is InChI=1S/C23H21N3O4/c1-29-19-12-10-18(11-13-19)21-15-20(17-7-3-2-4-8-17)24-26(21)22(27)16-30-23-9-5-6-14-25(23)28/h2-14,21H,15-16H2,1H3/t21-/m1/s1. The minimum Gasteiger partial charge on any atom is -0.616 e. The Labute approximate surface area is 174 Å². The maximum absolute atomic E-state index is 13.0. The zero-order valence-electron chi connectivity index (χ0n) is 16.5. The molecule has 0 saturated heterocycles. The fourth-order valence-corrected chi connectivity index (χ4v) is 3.36. The molecule has 1 atom stereocenters. The summed E-state index contributed by atoms with van der Waals surface area (Å²) in [4.78, 5) is 13.0. The van der Waals surface area contributed by atoms with Gasteiger partial charge >= 0.3 is 5.88 Å². The van der Waals surface area contributed by atoms with Crippen LogP contribution in [0.5, 0.6) is 11.6 Å². The van der Waals surface area contributed by atoms with Gasteiger partial charge in [0.25, 0.3) is 5.91 Å². The first kappa shape index (κ1) is 19.4. The van der Waals surface area contributed by atoms with Gasteiger partial charge in [-0.15, -0.1) is 4.73 Å². The van der Waals surface area contributed by atoms with Crippen molar-refractivity contribution in [1.29, 1.82) is 0 Å². The van der Waals surface area contributed by atoms with Crippen LogP contribution in [0.3, 0.4) is 0 Å². The summed E-state index contributed by atoms with van der Waals surface area (Å²) in [5.74, 6) is 0.482. The van der Waals surface area contributed by atoms with Crippen molar-refractivity contribution in [2.45, 2.75) is 12.5 Å². The van der Waals surface area contributed by atoms with Crippen LogP contribution in [-0.4, -0.2) is 30.3 Å². The van der Waals surface area contributed by atoms with Crippen LogP contribution in [0.25, 0.3) is 0 Å². The van der Waals surface area contributed by atoms with Gasteiger partial charge in [-0.3, -0.25) is 4.79 Å². The van der Waals surface area contributed by atoms with Gasteiger partial charge in [-0.05, 0) is 29.3 Å². The minimum absolute atomic E-state index is 0.0679. The highest BCUT2D eigenvalue weighted by molar-refractivity contribution is 6.03. The number of carbonyl (C=O) groups excluding carboxylic acids is 1. The number of rotatable bonds is 6. The summed E-state index contributed by atoms with van der Waals surface area (Å²) in [7, 11) is 1.61. The molecule has 2 aromatic carbocycles. The summed E-state index contributed by atoms with van der Waals surface area (Å²) in [6.07, 6.45) is 1.90. The molecule has 0 aliphatic carbocycles. The van der Waals surface area contributed by atoms with E-state index in [0.29, 0.717) is 11.2 Å². The molecule has 0 unspecified atom stereocenters. The number of amides is 1. The van der Waals surface area contributed by atoms with Crippen molar-refractivity contribution in [1.82, 2.24) is 5.01 Å². The first-order valence-electron chi connectivity index (χ1n) is 9.55. The Morgan fingerprint density at radius 2 is 1.83 bits per heavy atom. The SMILES string of the molecule is COc1ccc([C@H]2CC(c3ccccc3)=NN2C(=O)COc2cccc[n+]2[O-])cc1. The molecule has 0 radical (unpaired) electrons. The number of methoxy groups -OCH3 is 1. The van der Waals surface area contributed by atoms with Crippen molar-refractivity contribution in [3.05, 3.63) is 95.3 Å². The molecule has 1 aliphatic rings. The first-order valence-corrected chi connectivity index (χ1v) is 9.55. The van der Waals surface area contributed by atoms with Crippen molar-refractivity contribution < 1.29 is 19.0 Å². The number of ether oxygens (including phenoxy) is 2. The molecule has 3 aromatic rings. The number of nitrogens with zero attached hydrogens (tertiary/aromatic N) is 3. The highest BCUT2D eigenvalue weighted by atomic mass is 16.6. The van der Waals surface area contributed by atoms with E-state index in [4.69, 9.17) is 9.47 Å². The number of carbonyl (C=O) groups is 1. The molecule has 2 heterocycles. The highest BCUT2D eigenvalue weighted by Gasteiger charge is 2.33. The van der Waals surface area contributed by atoms with E-state index in [-0.39, 0.29) is 24.4 Å². The van der Waals surface area contributed by atoms with E-state index in [0.717, 1.165) is 22.6 Å². The fourth-order valence-electron chi connectivity index (χ4n) is 3.36. The molecule has 0 spiro atoms. The van der Waals surface area contributed by atoms with Gasteiger partial charge in [0.05, 0.1) is 24.9 Å². The van der Waals surface area contributed by atoms with Crippen LogP contribution < -0.4 is 14.2 Å². The van der Waals surface area contributed by atoms with E-state index in [9.17, 15) is 10.0 Å². The Hall–Kier alpha value is -3.87. The Balaban J connectivity index is 1.58. The topological polar surface area (TPSA) is 78.1 Å². The third-order valence-electron chi connectivity index (χ3n) is 4.91. The van der Waals surface area contributed by atoms with Gasteiger partial charge in [0.2, 0.25) is 0 Å². The molecule has 7 heteroatoms. The number of benzene rings is 2. The van der Waals surface area contributed by atoms with Gasteiger partial charge < -0.3 is 14.7 Å². The summed E-state index contributed by atoms with van der Waals surface area (Å²) >= 11 is 0. The van der Waals surface area contributed by atoms with Crippen LogP contribution in [0.1, 0.15) is 23.6 Å². The van der Waals surface area contributed by atoms with Crippen LogP contribution in [0.4, 0.5) is 0 Å². The quantitative estimate of drug-likeness (QED) is 0.468. The Morgan fingerprint density at radius 1 is 1.10 bits per heavy atom. The molecule has 152 valence electrons. The van der Waals surface area contributed by atoms with Gasteiger partial charge in [-0.1, -0.05) is 42.5 Å². The van der Waals surface area contributed by atoms with Gasteiger partial charge in [0.1, 0.15) is 5.75 Å². The van der Waals surface area contributed by atoms with Gasteiger partial charge in [0, 0.05) is 12.5 Å². The summed E-state index contributed by atoms with van der Waals surface area (Å²) in [5, 5.41) is 17.8. The van der Waals surface area contributed by atoms with Gasteiger partial charge in [0.15, 0.2) is 12.8 Å². The maximum atomic E-state index is 13.0. The van der Waals surface area contributed by atoms with Crippen molar-refractivity contribution in [2.75, 3.05) is 13.7 Å². The minimum atomic E-state index is -0.328. The molecule has 30 heavy (non-hydrogen) atoms. The lowest BCUT2D eigenvalue weighted by molar-refractivity contribution is -0.612. The smallest absolute Gasteiger partial charge is 0.379 e. The average molecular weight is 403 g/mol. The molecule has 0 fully saturated rings. The lowest BCUT2D eigenvalue weighted by Gasteiger charge is -2.22. The second kappa shape index (κ2) is 8.65. The molecule has 1 amide bonds. The first-order chi connectivity index (χ1) is 14.7. The maximum Gasteiger partial charge on any atom is 0.379 e. The highest BCUT2D eigenvalue weighted by Crippen LogP contribution is 2.33. The van der Waals surface area contributed by atoms with Crippen LogP contribution in [0.15, 0.2) is 84.1 Å². The Morgan fingerprint density at radius 3 is 2.53 bits per heavy atom. The molecule has 1 aromatic heterocycles. The lowest BCUT2D eigenvalue weighted by atomic mass is 9.98. The van der Waals surface area contributed by atoms with E-state index >= 15 is 0 Å². The van der Waals surface area contributed by atoms with Crippen LogP contribution in [0, 0.1) is 5.21 Å². The zero-order chi connectivity index (χ0) is 20.9. The van der Waals surface area contributed by atoms with E-state index in [1.54, 1.807) is 19.2 Å². The van der Waals surface area contributed by atoms with Crippen molar-refractivity contribution >= 4 is 11.6 Å². The molecular weight excluding hydrogens is 382 g/mol. The van der Waals surface area contributed by atoms with Gasteiger partial charge in [-0.25, -0.2) is 5.01 Å². The number of pyridine rings is 1. The van der Waals surface area contributed by atoms with Crippen LogP contribution in [0.2, 0.25) is 0 Å². The lowest BCUT2D eigenvalue weighted by Crippen LogP contribution is -2.34. The Bertz CT molecular complexity index is 1050. The normalized spacial score (nSPS) is 15.6. The monoisotopic (exact) mass is 403 g/mol. The number of hydrogen-bond acceptors (Lipinski definition) is 5. The van der Waals surface area contributed by atoms with Crippen LogP contribution >= 0.6 is 0 Å². The molecule has 1 aliphatic heterocycles.